The lowest BCUT2D eigenvalue weighted by atomic mass is 9.83. The molecule has 0 aromatic carbocycles. The number of nitrogens with one attached hydrogen (secondary N) is 1. The minimum atomic E-state index is -4.77. The summed E-state index contributed by atoms with van der Waals surface area (Å²) in [5.41, 5.74) is 0. The first-order chi connectivity index (χ1) is 17.0. The Morgan fingerprint density at radius 2 is 2.06 bits per heavy atom. The number of hydrogen-bond donors (Lipinski definition) is 1. The number of carbonyl (C=O) groups is 3. The Bertz CT molecular complexity index is 1270. The number of imide groups is 1. The molecule has 4 heterocycles. The van der Waals surface area contributed by atoms with Crippen LogP contribution < -0.4 is 5.32 Å². The van der Waals surface area contributed by atoms with Gasteiger partial charge in [-0.05, 0) is 30.7 Å². The number of amides is 3. The van der Waals surface area contributed by atoms with Gasteiger partial charge in [0, 0.05) is 25.5 Å². The number of urea groups is 1. The lowest BCUT2D eigenvalue weighted by Gasteiger charge is -2.37. The normalized spacial score (nSPS) is 18.4. The third-order valence-corrected chi connectivity index (χ3v) is 6.74. The van der Waals surface area contributed by atoms with Gasteiger partial charge in [-0.15, -0.1) is 16.4 Å². The summed E-state index contributed by atoms with van der Waals surface area (Å²) in [6, 6.07) is 5.45. The van der Waals surface area contributed by atoms with Crippen LogP contribution in [0.2, 0.25) is 4.34 Å². The number of likely N-dealkylation sites (tertiary alicyclic amines) is 1. The lowest BCUT2D eigenvalue weighted by Crippen LogP contribution is -2.53. The van der Waals surface area contributed by atoms with Crippen LogP contribution in [0.5, 0.6) is 0 Å². The van der Waals surface area contributed by atoms with Crippen LogP contribution in [0.15, 0.2) is 34.9 Å². The SMILES string of the molecule is CN(C)C(=O)N1CCC(C(F)(F)F)C(c2nc(NCc3ccc(Cl)s3)n(C(=O)c3ccco3)n2)C1=O. The maximum absolute atomic E-state index is 14.0. The molecule has 0 aliphatic carbocycles. The smallest absolute Gasteiger partial charge is 0.393 e. The number of thiophene rings is 1. The number of carbonyl (C=O) groups excluding carboxylic acids is 3. The van der Waals surface area contributed by atoms with Crippen LogP contribution in [-0.4, -0.2) is 69.2 Å². The van der Waals surface area contributed by atoms with Gasteiger partial charge in [0.15, 0.2) is 11.6 Å². The monoisotopic (exact) mass is 544 g/mol. The summed E-state index contributed by atoms with van der Waals surface area (Å²) in [6.07, 6.45) is -4.05. The average molecular weight is 545 g/mol. The van der Waals surface area contributed by atoms with Gasteiger partial charge in [0.2, 0.25) is 11.9 Å². The zero-order valence-electron chi connectivity index (χ0n) is 19.0. The van der Waals surface area contributed by atoms with Gasteiger partial charge in [0.05, 0.1) is 23.1 Å². The van der Waals surface area contributed by atoms with Crippen LogP contribution >= 0.6 is 22.9 Å². The number of hydrogen-bond acceptors (Lipinski definition) is 8. The van der Waals surface area contributed by atoms with Crippen LogP contribution in [0, 0.1) is 5.92 Å². The van der Waals surface area contributed by atoms with Crippen LogP contribution in [0.4, 0.5) is 23.9 Å². The summed E-state index contributed by atoms with van der Waals surface area (Å²) in [7, 11) is 2.77. The van der Waals surface area contributed by atoms with Crippen molar-refractivity contribution >= 4 is 46.7 Å². The first kappa shape index (κ1) is 25.7. The van der Waals surface area contributed by atoms with Crippen molar-refractivity contribution in [2.24, 2.45) is 5.92 Å². The summed E-state index contributed by atoms with van der Waals surface area (Å²) in [5, 5.41) is 6.86. The van der Waals surface area contributed by atoms with Crippen molar-refractivity contribution in [1.82, 2.24) is 24.6 Å². The predicted octanol–water partition coefficient (Wildman–Crippen LogP) is 4.06. The van der Waals surface area contributed by atoms with E-state index in [2.05, 4.69) is 15.4 Å². The number of piperidine rings is 1. The first-order valence-corrected chi connectivity index (χ1v) is 11.8. The molecular weight excluding hydrogens is 525 g/mol. The van der Waals surface area contributed by atoms with Gasteiger partial charge in [0.25, 0.3) is 0 Å². The molecule has 0 radical (unpaired) electrons. The highest BCUT2D eigenvalue weighted by atomic mass is 35.5. The minimum Gasteiger partial charge on any atom is -0.459 e. The minimum absolute atomic E-state index is 0.132. The van der Waals surface area contributed by atoms with E-state index in [-0.39, 0.29) is 18.3 Å². The van der Waals surface area contributed by atoms with Gasteiger partial charge >= 0.3 is 18.1 Å². The summed E-state index contributed by atoms with van der Waals surface area (Å²) >= 11 is 7.20. The van der Waals surface area contributed by atoms with Gasteiger partial charge in [-0.25, -0.2) is 4.79 Å². The van der Waals surface area contributed by atoms with Crippen molar-refractivity contribution < 1.29 is 32.0 Å². The summed E-state index contributed by atoms with van der Waals surface area (Å²) in [6.45, 7) is -0.277. The Kier molecular flexibility index (Phi) is 7.09. The maximum atomic E-state index is 14.0. The molecule has 1 fully saturated rings. The maximum Gasteiger partial charge on any atom is 0.393 e. The van der Waals surface area contributed by atoms with Crippen molar-refractivity contribution in [3.63, 3.8) is 0 Å². The standard InChI is InChI=1S/C21H20ClF3N6O4S/c1-29(2)20(34)30-8-7-12(21(23,24)25)15(18(30)33)16-27-19(26-10-11-5-6-14(22)36-11)31(28-16)17(32)13-4-3-9-35-13/h3-6,9,12,15H,7-8,10H2,1-2H3,(H,26,27,28). The molecule has 1 aliphatic rings. The molecule has 10 nitrogen and oxygen atoms in total. The molecule has 1 aliphatic heterocycles. The molecule has 1 saturated heterocycles. The highest BCUT2D eigenvalue weighted by molar-refractivity contribution is 7.16. The van der Waals surface area contributed by atoms with E-state index in [1.54, 1.807) is 12.1 Å². The Morgan fingerprint density at radius 3 is 2.64 bits per heavy atom. The van der Waals surface area contributed by atoms with Crippen LogP contribution in [0.3, 0.4) is 0 Å². The number of alkyl halides is 3. The van der Waals surface area contributed by atoms with Crippen molar-refractivity contribution in [3.05, 3.63) is 51.3 Å². The number of furan rings is 1. The molecule has 3 aromatic heterocycles. The molecule has 2 unspecified atom stereocenters. The van der Waals surface area contributed by atoms with Crippen LogP contribution in [0.1, 0.15) is 33.6 Å². The molecule has 0 spiro atoms. The third kappa shape index (κ3) is 5.09. The van der Waals surface area contributed by atoms with E-state index in [0.717, 1.165) is 19.4 Å². The van der Waals surface area contributed by atoms with Crippen molar-refractivity contribution in [3.8, 4) is 0 Å². The van der Waals surface area contributed by atoms with Gasteiger partial charge in [-0.1, -0.05) is 11.6 Å². The van der Waals surface area contributed by atoms with Crippen molar-refractivity contribution in [2.75, 3.05) is 26.0 Å². The van der Waals surface area contributed by atoms with Gasteiger partial charge < -0.3 is 14.6 Å². The second-order valence-corrected chi connectivity index (χ2v) is 9.93. The van der Waals surface area contributed by atoms with E-state index >= 15 is 0 Å². The second kappa shape index (κ2) is 9.93. The molecule has 4 rings (SSSR count). The summed E-state index contributed by atoms with van der Waals surface area (Å²) < 4.78 is 48.3. The highest BCUT2D eigenvalue weighted by Gasteiger charge is 2.54. The van der Waals surface area contributed by atoms with E-state index in [4.69, 9.17) is 16.0 Å². The predicted molar refractivity (Wildman–Crippen MR) is 123 cm³/mol. The molecule has 15 heteroatoms. The van der Waals surface area contributed by atoms with Gasteiger partial charge in [0.1, 0.15) is 5.92 Å². The number of anilines is 1. The largest absolute Gasteiger partial charge is 0.459 e. The Balaban J connectivity index is 1.75. The molecule has 0 bridgehead atoms. The average Bonchev–Trinajstić information content (AvgIpc) is 3.57. The fourth-order valence-electron chi connectivity index (χ4n) is 3.79. The Labute approximate surface area is 211 Å². The molecule has 2 atom stereocenters. The Morgan fingerprint density at radius 1 is 1.31 bits per heavy atom. The molecule has 192 valence electrons. The zero-order chi connectivity index (χ0) is 26.2. The van der Waals surface area contributed by atoms with Crippen LogP contribution in [-0.2, 0) is 11.3 Å². The van der Waals surface area contributed by atoms with Gasteiger partial charge in [-0.3, -0.25) is 14.5 Å². The van der Waals surface area contributed by atoms with E-state index in [9.17, 15) is 27.6 Å². The van der Waals surface area contributed by atoms with Crippen molar-refractivity contribution in [2.45, 2.75) is 25.1 Å². The third-order valence-electron chi connectivity index (χ3n) is 5.51. The Hall–Kier alpha value is -3.39. The van der Waals surface area contributed by atoms with E-state index in [1.807, 2.05) is 0 Å². The van der Waals surface area contributed by atoms with Crippen molar-refractivity contribution in [1.29, 1.82) is 0 Å². The first-order valence-electron chi connectivity index (χ1n) is 10.6. The summed E-state index contributed by atoms with van der Waals surface area (Å²) in [4.78, 5) is 45.3. The molecule has 3 amide bonds. The lowest BCUT2D eigenvalue weighted by molar-refractivity contribution is -0.194. The zero-order valence-corrected chi connectivity index (χ0v) is 20.5. The fourth-order valence-corrected chi connectivity index (χ4v) is 4.82. The number of halogens is 4. The van der Waals surface area contributed by atoms with Crippen LogP contribution in [0.25, 0.3) is 0 Å². The quantitative estimate of drug-likeness (QED) is 0.515. The molecule has 3 aromatic rings. The molecule has 0 saturated carbocycles. The van der Waals surface area contributed by atoms with Gasteiger partial charge in [-0.2, -0.15) is 22.8 Å². The number of rotatable bonds is 5. The molecule has 36 heavy (non-hydrogen) atoms. The fraction of sp³-hybridized carbons (Fsp3) is 0.381. The second-order valence-electron chi connectivity index (χ2n) is 8.13. The topological polar surface area (TPSA) is 114 Å². The van der Waals surface area contributed by atoms with E-state index in [0.29, 0.717) is 4.34 Å². The molecular formula is C21H20ClF3N6O4S. The molecule has 1 N–H and O–H groups in total. The number of aromatic nitrogens is 3. The van der Waals surface area contributed by atoms with E-state index < -0.39 is 54.6 Å². The highest BCUT2D eigenvalue weighted by Crippen LogP contribution is 2.43. The van der Waals surface area contributed by atoms with E-state index in [1.165, 1.54) is 43.8 Å². The number of nitrogens with zero attached hydrogens (tertiary/aromatic N) is 5. The summed E-state index contributed by atoms with van der Waals surface area (Å²) in [5.74, 6) is -6.84.